The molecule has 0 aromatic heterocycles. The summed E-state index contributed by atoms with van der Waals surface area (Å²) in [5.74, 6) is 0.0769. The summed E-state index contributed by atoms with van der Waals surface area (Å²) in [6.07, 6.45) is 4.04. The van der Waals surface area contributed by atoms with Crippen LogP contribution in [0.5, 0.6) is 0 Å². The van der Waals surface area contributed by atoms with E-state index in [0.29, 0.717) is 11.5 Å². The van der Waals surface area contributed by atoms with Crippen molar-refractivity contribution in [2.45, 2.75) is 37.6 Å². The third-order valence-electron chi connectivity index (χ3n) is 6.97. The van der Waals surface area contributed by atoms with Crippen molar-refractivity contribution in [3.05, 3.63) is 41.7 Å². The van der Waals surface area contributed by atoms with E-state index in [4.69, 9.17) is 9.47 Å². The third-order valence-corrected chi connectivity index (χ3v) is 6.97. The highest BCUT2D eigenvalue weighted by molar-refractivity contribution is 6.07. The molecular weight excluding hydrogens is 356 g/mol. The summed E-state index contributed by atoms with van der Waals surface area (Å²) in [6.45, 7) is 3.93. The third kappa shape index (κ3) is 2.65. The summed E-state index contributed by atoms with van der Waals surface area (Å²) < 4.78 is 10.3. The molecule has 0 bridgehead atoms. The zero-order valence-electron chi connectivity index (χ0n) is 16.7. The highest BCUT2D eigenvalue weighted by Gasteiger charge is 2.60. The number of nitrogens with zero attached hydrogens (tertiary/aromatic N) is 1. The molecular formula is C22H28N2O4. The summed E-state index contributed by atoms with van der Waals surface area (Å²) in [4.78, 5) is 28.1. The Balaban J connectivity index is 1.74. The molecule has 3 aliphatic heterocycles. The number of fused-ring (bicyclic) bond motifs is 4. The number of para-hydroxylation sites is 1. The molecule has 1 aromatic carbocycles. The number of carbonyl (C=O) groups is 2. The predicted octanol–water partition coefficient (Wildman–Crippen LogP) is 2.70. The molecule has 4 atom stereocenters. The second kappa shape index (κ2) is 7.24. The van der Waals surface area contributed by atoms with Gasteiger partial charge in [-0.05, 0) is 42.9 Å². The number of rotatable bonds is 4. The zero-order chi connectivity index (χ0) is 19.9. The van der Waals surface area contributed by atoms with Gasteiger partial charge in [-0.25, -0.2) is 4.79 Å². The number of amides is 1. The van der Waals surface area contributed by atoms with Gasteiger partial charge < -0.3 is 14.8 Å². The zero-order valence-corrected chi connectivity index (χ0v) is 16.7. The fourth-order valence-corrected chi connectivity index (χ4v) is 5.63. The first kappa shape index (κ1) is 19.0. The van der Waals surface area contributed by atoms with Crippen LogP contribution in [-0.4, -0.2) is 50.1 Å². The van der Waals surface area contributed by atoms with Crippen molar-refractivity contribution in [3.63, 3.8) is 0 Å². The molecule has 1 amide bonds. The fraction of sp³-hybridized carbons (Fsp3) is 0.545. The minimum atomic E-state index is -0.540. The van der Waals surface area contributed by atoms with Gasteiger partial charge in [0.25, 0.3) is 0 Å². The maximum absolute atomic E-state index is 13.2. The Morgan fingerprint density at radius 1 is 1.36 bits per heavy atom. The van der Waals surface area contributed by atoms with Gasteiger partial charge in [-0.1, -0.05) is 31.5 Å². The second-order valence-electron chi connectivity index (χ2n) is 8.04. The Hall–Kier alpha value is -2.34. The van der Waals surface area contributed by atoms with Gasteiger partial charge in [-0.2, -0.15) is 0 Å². The fourth-order valence-electron chi connectivity index (χ4n) is 5.63. The van der Waals surface area contributed by atoms with Gasteiger partial charge in [-0.3, -0.25) is 9.69 Å². The molecule has 1 N–H and O–H groups in total. The highest BCUT2D eigenvalue weighted by Crippen LogP contribution is 2.53. The molecule has 6 heteroatoms. The molecule has 0 unspecified atom stereocenters. The van der Waals surface area contributed by atoms with Crippen LogP contribution in [0.15, 0.2) is 36.1 Å². The smallest absolute Gasteiger partial charge is 0.337 e. The topological polar surface area (TPSA) is 67.9 Å². The van der Waals surface area contributed by atoms with Crippen LogP contribution < -0.4 is 5.32 Å². The molecule has 3 aliphatic rings. The van der Waals surface area contributed by atoms with Gasteiger partial charge >= 0.3 is 5.97 Å². The number of benzene rings is 1. The molecule has 150 valence electrons. The van der Waals surface area contributed by atoms with E-state index in [9.17, 15) is 9.59 Å². The van der Waals surface area contributed by atoms with Gasteiger partial charge in [0.1, 0.15) is 0 Å². The average molecular weight is 384 g/mol. The first-order valence-electron chi connectivity index (χ1n) is 10.0. The summed E-state index contributed by atoms with van der Waals surface area (Å²) >= 11 is 0. The highest BCUT2D eigenvalue weighted by atomic mass is 16.5. The van der Waals surface area contributed by atoms with Gasteiger partial charge in [0.2, 0.25) is 5.91 Å². The van der Waals surface area contributed by atoms with Crippen LogP contribution in [0.3, 0.4) is 0 Å². The van der Waals surface area contributed by atoms with Crippen LogP contribution in [0, 0.1) is 11.8 Å². The van der Waals surface area contributed by atoms with Crippen molar-refractivity contribution in [2.75, 3.05) is 32.6 Å². The van der Waals surface area contributed by atoms with E-state index in [1.165, 1.54) is 13.4 Å². The Labute approximate surface area is 165 Å². The summed E-state index contributed by atoms with van der Waals surface area (Å²) in [7, 11) is 2.95. The van der Waals surface area contributed by atoms with E-state index in [1.807, 2.05) is 18.2 Å². The van der Waals surface area contributed by atoms with Gasteiger partial charge in [-0.15, -0.1) is 0 Å². The van der Waals surface area contributed by atoms with Crippen LogP contribution >= 0.6 is 0 Å². The van der Waals surface area contributed by atoms with E-state index in [2.05, 4.69) is 23.2 Å². The number of methoxy groups -OCH3 is 2. The quantitative estimate of drug-likeness (QED) is 0.491. The van der Waals surface area contributed by atoms with E-state index in [0.717, 1.165) is 43.6 Å². The van der Waals surface area contributed by atoms with Crippen molar-refractivity contribution < 1.29 is 19.1 Å². The standard InChI is InChI=1S/C22H28N2O4/c1-4-14-12-24-10-9-22(17-7-5-6-8-18(17)23-21(22)26)19(24)11-15(14)16(13-27-2)20(25)28-3/h5-8,13-15,19H,4,9-12H2,1-3H3,(H,23,26)/b16-13+/t14-,15-,19-,22-/m0/s1. The average Bonchev–Trinajstić information content (AvgIpc) is 3.23. The molecule has 0 aliphatic carbocycles. The van der Waals surface area contributed by atoms with E-state index >= 15 is 0 Å². The van der Waals surface area contributed by atoms with Crippen molar-refractivity contribution in [1.29, 1.82) is 0 Å². The van der Waals surface area contributed by atoms with Crippen LogP contribution in [0.4, 0.5) is 5.69 Å². The van der Waals surface area contributed by atoms with Crippen LogP contribution in [0.2, 0.25) is 0 Å². The molecule has 28 heavy (non-hydrogen) atoms. The Morgan fingerprint density at radius 3 is 2.86 bits per heavy atom. The van der Waals surface area contributed by atoms with E-state index in [-0.39, 0.29) is 23.8 Å². The Kier molecular flexibility index (Phi) is 4.91. The van der Waals surface area contributed by atoms with Gasteiger partial charge in [0.15, 0.2) is 0 Å². The monoisotopic (exact) mass is 384 g/mol. The van der Waals surface area contributed by atoms with Gasteiger partial charge in [0, 0.05) is 18.3 Å². The molecule has 0 radical (unpaired) electrons. The number of anilines is 1. The first-order valence-corrected chi connectivity index (χ1v) is 10.0. The summed E-state index contributed by atoms with van der Waals surface area (Å²) in [5.41, 5.74) is 2.05. The molecule has 2 fully saturated rings. The van der Waals surface area contributed by atoms with Crippen molar-refractivity contribution >= 4 is 17.6 Å². The minimum absolute atomic E-state index is 0.00851. The predicted molar refractivity (Wildman–Crippen MR) is 106 cm³/mol. The number of hydrogen-bond donors (Lipinski definition) is 1. The number of esters is 1. The lowest BCUT2D eigenvalue weighted by molar-refractivity contribution is -0.137. The lowest BCUT2D eigenvalue weighted by Gasteiger charge is -2.45. The second-order valence-corrected chi connectivity index (χ2v) is 8.04. The Morgan fingerprint density at radius 2 is 2.14 bits per heavy atom. The number of hydrogen-bond acceptors (Lipinski definition) is 5. The normalized spacial score (nSPS) is 32.0. The molecule has 4 rings (SSSR count). The molecule has 2 saturated heterocycles. The molecule has 1 spiro atoms. The molecule has 3 heterocycles. The lowest BCUT2D eigenvalue weighted by atomic mass is 9.67. The largest absolute Gasteiger partial charge is 0.504 e. The van der Waals surface area contributed by atoms with Crippen molar-refractivity contribution in [2.24, 2.45) is 11.8 Å². The number of nitrogens with one attached hydrogen (secondary N) is 1. The summed E-state index contributed by atoms with van der Waals surface area (Å²) in [6, 6.07) is 8.07. The number of ether oxygens (including phenoxy) is 2. The maximum Gasteiger partial charge on any atom is 0.337 e. The van der Waals surface area contributed by atoms with E-state index < -0.39 is 5.41 Å². The maximum atomic E-state index is 13.2. The molecule has 1 aromatic rings. The first-order chi connectivity index (χ1) is 13.6. The number of carbonyl (C=O) groups excluding carboxylic acids is 2. The molecule has 6 nitrogen and oxygen atoms in total. The Bertz CT molecular complexity index is 821. The summed E-state index contributed by atoms with van der Waals surface area (Å²) in [5, 5.41) is 3.10. The van der Waals surface area contributed by atoms with Crippen molar-refractivity contribution in [1.82, 2.24) is 4.90 Å². The van der Waals surface area contributed by atoms with Gasteiger partial charge in [0.05, 0.1) is 31.5 Å². The lowest BCUT2D eigenvalue weighted by Crippen LogP contribution is -2.53. The van der Waals surface area contributed by atoms with E-state index in [1.54, 1.807) is 7.11 Å². The van der Waals surface area contributed by atoms with Crippen LogP contribution in [0.1, 0.15) is 31.7 Å². The minimum Gasteiger partial charge on any atom is -0.504 e. The number of piperidine rings is 1. The van der Waals surface area contributed by atoms with Crippen molar-refractivity contribution in [3.8, 4) is 0 Å². The van der Waals surface area contributed by atoms with Crippen LogP contribution in [-0.2, 0) is 24.5 Å². The SMILES string of the molecule is CC[C@H]1CN2CC[C@@]3(C(=O)Nc4ccccc43)[C@@H]2C[C@@H]1/C(=C\OC)C(=O)OC. The van der Waals surface area contributed by atoms with Crippen LogP contribution in [0.25, 0.3) is 0 Å². The molecule has 0 saturated carbocycles.